The highest BCUT2D eigenvalue weighted by Gasteiger charge is 2.09. The summed E-state index contributed by atoms with van der Waals surface area (Å²) in [5.74, 6) is -0.00981. The molecule has 5 heteroatoms. The average molecular weight is 160 g/mol. The molecule has 0 unspecified atom stereocenters. The lowest BCUT2D eigenvalue weighted by atomic mass is 10.5. The van der Waals surface area contributed by atoms with E-state index in [4.69, 9.17) is 17.3 Å². The number of H-pyrrole nitrogens is 1. The van der Waals surface area contributed by atoms with Crippen LogP contribution in [0.25, 0.3) is 0 Å². The van der Waals surface area contributed by atoms with E-state index in [1.165, 1.54) is 0 Å². The number of aromatic amines is 1. The normalized spacial score (nSPS) is 9.80. The Labute approximate surface area is 62.4 Å². The van der Waals surface area contributed by atoms with E-state index in [1.54, 1.807) is 6.92 Å². The van der Waals surface area contributed by atoms with Gasteiger partial charge in [0, 0.05) is 0 Å². The van der Waals surface area contributed by atoms with Gasteiger partial charge in [0.15, 0.2) is 5.15 Å². The fourth-order valence-electron chi connectivity index (χ4n) is 0.627. The first-order valence-electron chi connectivity index (χ1n) is 2.63. The van der Waals surface area contributed by atoms with Crippen LogP contribution in [0, 0.1) is 6.92 Å². The molecule has 4 nitrogen and oxygen atoms in total. The molecule has 1 aromatic rings. The van der Waals surface area contributed by atoms with Crippen molar-refractivity contribution in [2.24, 2.45) is 5.73 Å². The second-order valence-electron chi connectivity index (χ2n) is 1.85. The van der Waals surface area contributed by atoms with Crippen molar-refractivity contribution < 1.29 is 4.79 Å². The highest BCUT2D eigenvalue weighted by molar-refractivity contribution is 6.32. The Bertz CT molecular complexity index is 268. The topological polar surface area (TPSA) is 71.8 Å². The van der Waals surface area contributed by atoms with Crippen LogP contribution in [0.1, 0.15) is 16.3 Å². The second-order valence-corrected chi connectivity index (χ2v) is 2.21. The summed E-state index contributed by atoms with van der Waals surface area (Å²) in [5.41, 5.74) is 5.10. The summed E-state index contributed by atoms with van der Waals surface area (Å²) in [5, 5.41) is 0.130. The van der Waals surface area contributed by atoms with Crippen molar-refractivity contribution in [3.63, 3.8) is 0 Å². The second kappa shape index (κ2) is 2.30. The van der Waals surface area contributed by atoms with Gasteiger partial charge in [-0.05, 0) is 6.92 Å². The Balaban J connectivity index is 3.15. The molecule has 1 aromatic heterocycles. The molecular formula is C5H6ClN3O. The number of nitrogens with zero attached hydrogens (tertiary/aromatic N) is 1. The average Bonchev–Trinajstić information content (AvgIpc) is 2.10. The van der Waals surface area contributed by atoms with E-state index < -0.39 is 5.91 Å². The van der Waals surface area contributed by atoms with Gasteiger partial charge in [-0.1, -0.05) is 11.6 Å². The van der Waals surface area contributed by atoms with Crippen LogP contribution < -0.4 is 5.73 Å². The highest BCUT2D eigenvalue weighted by Crippen LogP contribution is 2.10. The molecule has 0 aliphatic rings. The van der Waals surface area contributed by atoms with Crippen LogP contribution in [0.15, 0.2) is 0 Å². The molecule has 54 valence electrons. The summed E-state index contributed by atoms with van der Waals surface area (Å²) >= 11 is 5.50. The van der Waals surface area contributed by atoms with E-state index in [0.717, 1.165) is 0 Å². The molecule has 0 bridgehead atoms. The van der Waals surface area contributed by atoms with Crippen LogP contribution >= 0.6 is 11.6 Å². The summed E-state index contributed by atoms with van der Waals surface area (Å²) in [7, 11) is 0. The minimum atomic E-state index is -0.592. The van der Waals surface area contributed by atoms with Crippen LogP contribution in [0.3, 0.4) is 0 Å². The van der Waals surface area contributed by atoms with Crippen molar-refractivity contribution in [1.29, 1.82) is 0 Å². The SMILES string of the molecule is Cc1nc(Cl)c(C(N)=O)[nH]1. The van der Waals surface area contributed by atoms with Crippen LogP contribution in [-0.4, -0.2) is 15.9 Å². The van der Waals surface area contributed by atoms with Gasteiger partial charge >= 0.3 is 0 Å². The minimum Gasteiger partial charge on any atom is -0.364 e. The van der Waals surface area contributed by atoms with Crippen molar-refractivity contribution in [2.45, 2.75) is 6.92 Å². The molecule has 0 saturated carbocycles. The standard InChI is InChI=1S/C5H6ClN3O/c1-2-8-3(5(7)10)4(6)9-2/h1H3,(H2,7,10)(H,8,9). The third-order valence-electron chi connectivity index (χ3n) is 1.02. The Morgan fingerprint density at radius 2 is 2.40 bits per heavy atom. The monoisotopic (exact) mass is 159 g/mol. The Morgan fingerprint density at radius 3 is 2.60 bits per heavy atom. The summed E-state index contributed by atoms with van der Waals surface area (Å²) < 4.78 is 0. The lowest BCUT2D eigenvalue weighted by Crippen LogP contribution is -2.11. The number of carbonyl (C=O) groups excluding carboxylic acids is 1. The van der Waals surface area contributed by atoms with Gasteiger partial charge in [0.2, 0.25) is 0 Å². The maximum Gasteiger partial charge on any atom is 0.268 e. The lowest BCUT2D eigenvalue weighted by Gasteiger charge is -1.85. The van der Waals surface area contributed by atoms with Crippen molar-refractivity contribution in [1.82, 2.24) is 9.97 Å². The largest absolute Gasteiger partial charge is 0.364 e. The molecule has 0 aliphatic carbocycles. The first-order chi connectivity index (χ1) is 4.61. The van der Waals surface area contributed by atoms with Crippen LogP contribution in [0.4, 0.5) is 0 Å². The molecule has 0 radical (unpaired) electrons. The molecule has 0 spiro atoms. The Morgan fingerprint density at radius 1 is 1.80 bits per heavy atom. The number of imidazole rings is 1. The molecule has 0 aliphatic heterocycles. The zero-order chi connectivity index (χ0) is 7.72. The van der Waals surface area contributed by atoms with Crippen molar-refractivity contribution in [2.75, 3.05) is 0 Å². The quantitative estimate of drug-likeness (QED) is 0.625. The summed E-state index contributed by atoms with van der Waals surface area (Å²) in [6.45, 7) is 1.69. The van der Waals surface area contributed by atoms with Gasteiger partial charge in [-0.2, -0.15) is 0 Å². The molecule has 1 heterocycles. The van der Waals surface area contributed by atoms with Crippen molar-refractivity contribution >= 4 is 17.5 Å². The summed E-state index contributed by atoms with van der Waals surface area (Å²) in [4.78, 5) is 16.9. The van der Waals surface area contributed by atoms with Gasteiger partial charge in [0.25, 0.3) is 5.91 Å². The molecule has 0 atom stereocenters. The highest BCUT2D eigenvalue weighted by atomic mass is 35.5. The van der Waals surface area contributed by atoms with Crippen molar-refractivity contribution in [3.05, 3.63) is 16.7 Å². The van der Waals surface area contributed by atoms with E-state index in [2.05, 4.69) is 9.97 Å². The maximum atomic E-state index is 10.5. The van der Waals surface area contributed by atoms with Gasteiger partial charge < -0.3 is 10.7 Å². The fourth-order valence-corrected chi connectivity index (χ4v) is 0.894. The number of rotatable bonds is 1. The third kappa shape index (κ3) is 1.11. The number of nitrogens with one attached hydrogen (secondary N) is 1. The van der Waals surface area contributed by atoms with E-state index in [9.17, 15) is 4.79 Å². The summed E-state index contributed by atoms with van der Waals surface area (Å²) in [6.07, 6.45) is 0. The molecular weight excluding hydrogens is 154 g/mol. The number of aryl methyl sites for hydroxylation is 1. The fraction of sp³-hybridized carbons (Fsp3) is 0.200. The molecule has 1 amide bonds. The number of aromatic nitrogens is 2. The number of hydrogen-bond donors (Lipinski definition) is 2. The van der Waals surface area contributed by atoms with Gasteiger partial charge in [-0.3, -0.25) is 4.79 Å². The van der Waals surface area contributed by atoms with Gasteiger partial charge in [0.05, 0.1) is 0 Å². The number of nitrogens with two attached hydrogens (primary N) is 1. The first-order valence-corrected chi connectivity index (χ1v) is 3.01. The van der Waals surface area contributed by atoms with E-state index in [0.29, 0.717) is 5.82 Å². The van der Waals surface area contributed by atoms with Crippen LogP contribution in [-0.2, 0) is 0 Å². The Kier molecular flexibility index (Phi) is 1.63. The van der Waals surface area contributed by atoms with E-state index in [1.807, 2.05) is 0 Å². The number of amides is 1. The number of halogens is 1. The van der Waals surface area contributed by atoms with Crippen LogP contribution in [0.5, 0.6) is 0 Å². The zero-order valence-electron chi connectivity index (χ0n) is 5.31. The lowest BCUT2D eigenvalue weighted by molar-refractivity contribution is 0.0996. The maximum absolute atomic E-state index is 10.5. The Hall–Kier alpha value is -1.03. The molecule has 0 aromatic carbocycles. The predicted molar refractivity (Wildman–Crippen MR) is 36.9 cm³/mol. The zero-order valence-corrected chi connectivity index (χ0v) is 6.07. The van der Waals surface area contributed by atoms with Gasteiger partial charge in [-0.15, -0.1) is 0 Å². The molecule has 3 N–H and O–H groups in total. The molecule has 10 heavy (non-hydrogen) atoms. The van der Waals surface area contributed by atoms with Crippen molar-refractivity contribution in [3.8, 4) is 0 Å². The molecule has 1 rings (SSSR count). The van der Waals surface area contributed by atoms with Crippen LogP contribution in [0.2, 0.25) is 5.15 Å². The smallest absolute Gasteiger partial charge is 0.268 e. The van der Waals surface area contributed by atoms with Gasteiger partial charge in [0.1, 0.15) is 11.5 Å². The number of carbonyl (C=O) groups is 1. The van der Waals surface area contributed by atoms with E-state index >= 15 is 0 Å². The minimum absolute atomic E-state index is 0.130. The molecule has 0 fully saturated rings. The third-order valence-corrected chi connectivity index (χ3v) is 1.30. The summed E-state index contributed by atoms with van der Waals surface area (Å²) in [6, 6.07) is 0. The predicted octanol–water partition coefficient (Wildman–Crippen LogP) is 0.470. The number of primary amides is 1. The first kappa shape index (κ1) is 7.08. The van der Waals surface area contributed by atoms with Gasteiger partial charge in [-0.25, -0.2) is 4.98 Å². The van der Waals surface area contributed by atoms with E-state index in [-0.39, 0.29) is 10.8 Å². The number of hydrogen-bond acceptors (Lipinski definition) is 2. The molecule has 0 saturated heterocycles.